The summed E-state index contributed by atoms with van der Waals surface area (Å²) in [6.45, 7) is 13.2. The Morgan fingerprint density at radius 1 is 1.10 bits per heavy atom. The highest BCUT2D eigenvalue weighted by Gasteiger charge is 2.26. The minimum Gasteiger partial charge on any atom is -0.364 e. The number of benzene rings is 1. The average molecular weight is 442 g/mol. The van der Waals surface area contributed by atoms with Crippen molar-refractivity contribution in [3.8, 4) is 11.3 Å². The summed E-state index contributed by atoms with van der Waals surface area (Å²) >= 11 is 1.59. The number of imidazole rings is 1. The number of anilines is 2. The van der Waals surface area contributed by atoms with Crippen molar-refractivity contribution in [1.29, 1.82) is 0 Å². The van der Waals surface area contributed by atoms with Crippen molar-refractivity contribution in [3.05, 3.63) is 30.3 Å². The third kappa shape index (κ3) is 4.76. The number of hydrogen-bond acceptors (Lipinski definition) is 6. The highest BCUT2D eigenvalue weighted by molar-refractivity contribution is 7.20. The van der Waals surface area contributed by atoms with E-state index in [1.807, 2.05) is 41.5 Å². The molecule has 0 unspecified atom stereocenters. The first kappa shape index (κ1) is 21.4. The molecule has 1 fully saturated rings. The zero-order chi connectivity index (χ0) is 22.2. The fourth-order valence-corrected chi connectivity index (χ4v) is 4.52. The van der Waals surface area contributed by atoms with Gasteiger partial charge in [-0.25, -0.2) is 9.78 Å². The molecular formula is C22H31N7OS. The number of urea groups is 1. The van der Waals surface area contributed by atoms with Gasteiger partial charge in [0.2, 0.25) is 10.1 Å². The first-order chi connectivity index (χ1) is 14.7. The zero-order valence-electron chi connectivity index (χ0n) is 18.8. The van der Waals surface area contributed by atoms with E-state index in [9.17, 15) is 4.79 Å². The van der Waals surface area contributed by atoms with E-state index in [1.54, 1.807) is 11.3 Å². The molecule has 0 spiro atoms. The predicted octanol–water partition coefficient (Wildman–Crippen LogP) is 3.91. The van der Waals surface area contributed by atoms with Crippen molar-refractivity contribution in [1.82, 2.24) is 24.8 Å². The Bertz CT molecular complexity index is 1040. The monoisotopic (exact) mass is 441 g/mol. The van der Waals surface area contributed by atoms with Crippen molar-refractivity contribution in [2.75, 3.05) is 36.4 Å². The van der Waals surface area contributed by atoms with E-state index in [1.165, 1.54) is 0 Å². The molecule has 3 aromatic rings. The quantitative estimate of drug-likeness (QED) is 0.642. The molecule has 0 bridgehead atoms. The SMILES string of the molecule is CC(C)NC(=O)N1CCN(c2nn3c(NC(C)(C)C)c(-c4ccccc4)nc3s2)CC1. The lowest BCUT2D eigenvalue weighted by Gasteiger charge is -2.34. The minimum atomic E-state index is -0.126. The summed E-state index contributed by atoms with van der Waals surface area (Å²) < 4.78 is 1.92. The van der Waals surface area contributed by atoms with Crippen LogP contribution in [0.4, 0.5) is 15.7 Å². The van der Waals surface area contributed by atoms with Crippen LogP contribution in [0, 0.1) is 0 Å². The molecule has 1 aliphatic rings. The van der Waals surface area contributed by atoms with Crippen LogP contribution in [0.25, 0.3) is 16.2 Å². The first-order valence-electron chi connectivity index (χ1n) is 10.7. The lowest BCUT2D eigenvalue weighted by atomic mass is 10.1. The molecule has 2 N–H and O–H groups in total. The van der Waals surface area contributed by atoms with Gasteiger partial charge < -0.3 is 20.4 Å². The Balaban J connectivity index is 1.58. The van der Waals surface area contributed by atoms with Crippen LogP contribution in [0.5, 0.6) is 0 Å². The van der Waals surface area contributed by atoms with Crippen molar-refractivity contribution >= 4 is 33.3 Å². The van der Waals surface area contributed by atoms with Crippen LogP contribution in [0.3, 0.4) is 0 Å². The van der Waals surface area contributed by atoms with Crippen LogP contribution in [-0.2, 0) is 0 Å². The highest BCUT2D eigenvalue weighted by Crippen LogP contribution is 2.34. The molecule has 4 rings (SSSR count). The second-order valence-electron chi connectivity index (χ2n) is 9.21. The van der Waals surface area contributed by atoms with Crippen molar-refractivity contribution in [2.24, 2.45) is 0 Å². The standard InChI is InChI=1S/C22H31N7OS/c1-15(2)23-19(30)27-11-13-28(14-12-27)21-26-29-18(25-22(3,4)5)17(24-20(29)31-21)16-9-7-6-8-10-16/h6-10,15,25H,11-14H2,1-5H3,(H,23,30). The topological polar surface area (TPSA) is 77.8 Å². The molecule has 8 nitrogen and oxygen atoms in total. The van der Waals surface area contributed by atoms with Crippen LogP contribution in [0.15, 0.2) is 30.3 Å². The number of nitrogens with one attached hydrogen (secondary N) is 2. The predicted molar refractivity (Wildman–Crippen MR) is 127 cm³/mol. The summed E-state index contributed by atoms with van der Waals surface area (Å²) in [5.41, 5.74) is 1.85. The number of carbonyl (C=O) groups excluding carboxylic acids is 1. The van der Waals surface area contributed by atoms with Crippen LogP contribution in [-0.4, -0.2) is 63.3 Å². The van der Waals surface area contributed by atoms with Gasteiger partial charge in [0, 0.05) is 43.3 Å². The number of hydrogen-bond donors (Lipinski definition) is 2. The molecule has 0 atom stereocenters. The normalized spacial score (nSPS) is 15.0. The number of fused-ring (bicyclic) bond motifs is 1. The van der Waals surface area contributed by atoms with E-state index in [4.69, 9.17) is 10.1 Å². The molecule has 0 aliphatic carbocycles. The second-order valence-corrected chi connectivity index (χ2v) is 10.1. The van der Waals surface area contributed by atoms with Crippen molar-refractivity contribution in [2.45, 2.75) is 46.2 Å². The molecule has 1 saturated heterocycles. The second kappa shape index (κ2) is 8.37. The van der Waals surface area contributed by atoms with Gasteiger partial charge in [-0.05, 0) is 34.6 Å². The molecule has 2 amide bonds. The van der Waals surface area contributed by atoms with E-state index >= 15 is 0 Å². The zero-order valence-corrected chi connectivity index (χ0v) is 19.7. The molecule has 9 heteroatoms. The van der Waals surface area contributed by atoms with Crippen molar-refractivity contribution < 1.29 is 4.79 Å². The average Bonchev–Trinajstić information content (AvgIpc) is 3.27. The van der Waals surface area contributed by atoms with E-state index in [2.05, 4.69) is 48.4 Å². The van der Waals surface area contributed by atoms with Gasteiger partial charge in [0.05, 0.1) is 0 Å². The smallest absolute Gasteiger partial charge is 0.317 e. The Labute approximate surface area is 187 Å². The van der Waals surface area contributed by atoms with Crippen LogP contribution < -0.4 is 15.5 Å². The summed E-state index contributed by atoms with van der Waals surface area (Å²) in [6.07, 6.45) is 0. The number of rotatable bonds is 4. The van der Waals surface area contributed by atoms with Gasteiger partial charge >= 0.3 is 6.03 Å². The van der Waals surface area contributed by atoms with E-state index in [0.717, 1.165) is 40.3 Å². The lowest BCUT2D eigenvalue weighted by molar-refractivity contribution is 0.192. The first-order valence-corrected chi connectivity index (χ1v) is 11.6. The summed E-state index contributed by atoms with van der Waals surface area (Å²) in [7, 11) is 0. The Hall–Kier alpha value is -2.81. The van der Waals surface area contributed by atoms with Gasteiger partial charge in [-0.3, -0.25) is 0 Å². The Morgan fingerprint density at radius 3 is 2.39 bits per heavy atom. The largest absolute Gasteiger partial charge is 0.364 e. The van der Waals surface area contributed by atoms with E-state index in [-0.39, 0.29) is 17.6 Å². The third-order valence-electron chi connectivity index (χ3n) is 4.98. The summed E-state index contributed by atoms with van der Waals surface area (Å²) in [4.78, 5) is 22.1. The van der Waals surface area contributed by atoms with Gasteiger partial charge in [-0.15, -0.1) is 5.10 Å². The van der Waals surface area contributed by atoms with Gasteiger partial charge in [0.1, 0.15) is 5.69 Å². The fraction of sp³-hybridized carbons (Fsp3) is 0.500. The summed E-state index contributed by atoms with van der Waals surface area (Å²) in [6, 6.07) is 10.4. The van der Waals surface area contributed by atoms with Gasteiger partial charge in [0.15, 0.2) is 5.82 Å². The van der Waals surface area contributed by atoms with Gasteiger partial charge in [-0.2, -0.15) is 4.52 Å². The van der Waals surface area contributed by atoms with Gasteiger partial charge in [0.25, 0.3) is 0 Å². The molecule has 31 heavy (non-hydrogen) atoms. The third-order valence-corrected chi connectivity index (χ3v) is 5.95. The molecule has 1 aliphatic heterocycles. The Morgan fingerprint density at radius 2 is 1.77 bits per heavy atom. The maximum Gasteiger partial charge on any atom is 0.317 e. The highest BCUT2D eigenvalue weighted by atomic mass is 32.1. The summed E-state index contributed by atoms with van der Waals surface area (Å²) in [5.74, 6) is 0.908. The molecule has 166 valence electrons. The molecule has 2 aromatic heterocycles. The molecule has 3 heterocycles. The number of amides is 2. The van der Waals surface area contributed by atoms with Crippen LogP contribution >= 0.6 is 11.3 Å². The van der Waals surface area contributed by atoms with Crippen LogP contribution in [0.2, 0.25) is 0 Å². The molecule has 0 radical (unpaired) electrons. The summed E-state index contributed by atoms with van der Waals surface area (Å²) in [5, 5.41) is 12.4. The number of piperazine rings is 1. The number of nitrogens with zero attached hydrogens (tertiary/aromatic N) is 5. The molecule has 0 saturated carbocycles. The van der Waals surface area contributed by atoms with Crippen molar-refractivity contribution in [3.63, 3.8) is 0 Å². The fourth-order valence-electron chi connectivity index (χ4n) is 3.57. The van der Waals surface area contributed by atoms with Gasteiger partial charge in [-0.1, -0.05) is 41.7 Å². The lowest BCUT2D eigenvalue weighted by Crippen LogP contribution is -2.52. The molecule has 1 aromatic carbocycles. The Kier molecular flexibility index (Phi) is 5.79. The van der Waals surface area contributed by atoms with E-state index < -0.39 is 0 Å². The minimum absolute atomic E-state index is 0.00718. The van der Waals surface area contributed by atoms with Crippen LogP contribution in [0.1, 0.15) is 34.6 Å². The number of carbonyl (C=O) groups is 1. The maximum absolute atomic E-state index is 12.3. The molecular weight excluding hydrogens is 410 g/mol. The number of aromatic nitrogens is 3. The van der Waals surface area contributed by atoms with E-state index in [0.29, 0.717) is 13.1 Å². The maximum atomic E-state index is 12.3.